The van der Waals surface area contributed by atoms with Crippen LogP contribution in [0.25, 0.3) is 11.1 Å². The second-order valence-corrected chi connectivity index (χ2v) is 6.05. The number of aliphatic hydroxyl groups excluding tert-OH is 1. The van der Waals surface area contributed by atoms with Gasteiger partial charge in [0.2, 0.25) is 5.91 Å². The van der Waals surface area contributed by atoms with Gasteiger partial charge in [-0.25, -0.2) is 14.4 Å². The van der Waals surface area contributed by atoms with E-state index in [1.165, 1.54) is 0 Å². The van der Waals surface area contributed by atoms with Crippen LogP contribution in [-0.4, -0.2) is 39.0 Å². The van der Waals surface area contributed by atoms with E-state index in [0.29, 0.717) is 11.1 Å². The normalized spacial score (nSPS) is 15.5. The van der Waals surface area contributed by atoms with Crippen molar-refractivity contribution in [3.63, 3.8) is 0 Å². The number of likely N-dealkylation sites (tertiary alicyclic amines) is 1. The first kappa shape index (κ1) is 16.5. The number of aromatic nitrogens is 2. The lowest BCUT2D eigenvalue weighted by molar-refractivity contribution is -0.129. The zero-order valence-electron chi connectivity index (χ0n) is 13.6. The maximum Gasteiger partial charge on any atom is 0.219 e. The Balaban J connectivity index is 1.76. The first-order chi connectivity index (χ1) is 11.6. The highest BCUT2D eigenvalue weighted by Crippen LogP contribution is 2.28. The average molecular weight is 329 g/mol. The van der Waals surface area contributed by atoms with Crippen molar-refractivity contribution in [2.45, 2.75) is 32.3 Å². The molecule has 5 nitrogen and oxygen atoms in total. The molecule has 1 aliphatic heterocycles. The molecule has 24 heavy (non-hydrogen) atoms. The van der Waals surface area contributed by atoms with E-state index in [1.807, 2.05) is 4.90 Å². The minimum Gasteiger partial charge on any atom is -0.392 e. The Morgan fingerprint density at radius 3 is 2.54 bits per heavy atom. The van der Waals surface area contributed by atoms with Gasteiger partial charge in [0, 0.05) is 55.0 Å². The van der Waals surface area contributed by atoms with E-state index in [4.69, 9.17) is 5.11 Å². The first-order valence-electron chi connectivity index (χ1n) is 8.06. The van der Waals surface area contributed by atoms with Crippen LogP contribution >= 0.6 is 0 Å². The molecule has 2 heterocycles. The standard InChI is InChI=1S/C18H20FN3O2/c1-12(24)22-7-5-13(6-8-22)18-20-9-15(10-21-18)16-4-2-3-14(11-23)17(16)19/h2-4,9-10,13,23H,5-8,11H2,1H3. The molecule has 0 aliphatic carbocycles. The molecule has 0 radical (unpaired) electrons. The lowest BCUT2D eigenvalue weighted by Crippen LogP contribution is -2.36. The Bertz CT molecular complexity index is 726. The summed E-state index contributed by atoms with van der Waals surface area (Å²) in [5, 5.41) is 9.17. The predicted molar refractivity (Wildman–Crippen MR) is 87.6 cm³/mol. The monoisotopic (exact) mass is 329 g/mol. The molecule has 0 saturated carbocycles. The van der Waals surface area contributed by atoms with Crippen molar-refractivity contribution in [1.29, 1.82) is 0 Å². The van der Waals surface area contributed by atoms with Crippen LogP contribution in [0.5, 0.6) is 0 Å². The van der Waals surface area contributed by atoms with Gasteiger partial charge in [0.1, 0.15) is 11.6 Å². The van der Waals surface area contributed by atoms with E-state index < -0.39 is 5.82 Å². The smallest absolute Gasteiger partial charge is 0.219 e. The summed E-state index contributed by atoms with van der Waals surface area (Å²) in [7, 11) is 0. The number of benzene rings is 1. The molecule has 1 aliphatic rings. The van der Waals surface area contributed by atoms with Crippen LogP contribution in [0.1, 0.15) is 37.1 Å². The molecule has 2 aromatic rings. The summed E-state index contributed by atoms with van der Waals surface area (Å²) in [6.07, 6.45) is 4.93. The molecule has 1 amide bonds. The van der Waals surface area contributed by atoms with Crippen LogP contribution in [0.15, 0.2) is 30.6 Å². The third kappa shape index (κ3) is 3.28. The molecule has 6 heteroatoms. The summed E-state index contributed by atoms with van der Waals surface area (Å²) >= 11 is 0. The van der Waals surface area contributed by atoms with Gasteiger partial charge in [0.25, 0.3) is 0 Å². The van der Waals surface area contributed by atoms with Gasteiger partial charge < -0.3 is 10.0 Å². The maximum absolute atomic E-state index is 14.3. The predicted octanol–water partition coefficient (Wildman–Crippen LogP) is 2.50. The van der Waals surface area contributed by atoms with E-state index in [0.717, 1.165) is 31.8 Å². The van der Waals surface area contributed by atoms with Crippen molar-refractivity contribution in [3.8, 4) is 11.1 Å². The van der Waals surface area contributed by atoms with Gasteiger partial charge in [-0.05, 0) is 12.8 Å². The Labute approximate surface area is 140 Å². The fourth-order valence-electron chi connectivity index (χ4n) is 3.07. The largest absolute Gasteiger partial charge is 0.392 e. The third-order valence-corrected chi connectivity index (χ3v) is 4.54. The molecule has 3 rings (SSSR count). The molecule has 0 spiro atoms. The topological polar surface area (TPSA) is 66.3 Å². The summed E-state index contributed by atoms with van der Waals surface area (Å²) < 4.78 is 14.3. The molecule has 0 unspecified atom stereocenters. The number of rotatable bonds is 3. The van der Waals surface area contributed by atoms with Crippen LogP contribution in [-0.2, 0) is 11.4 Å². The van der Waals surface area contributed by atoms with Crippen LogP contribution < -0.4 is 0 Å². The number of nitrogens with zero attached hydrogens (tertiary/aromatic N) is 3. The summed E-state index contributed by atoms with van der Waals surface area (Å²) in [4.78, 5) is 22.0. The van der Waals surface area contributed by atoms with Crippen LogP contribution in [0.4, 0.5) is 4.39 Å². The van der Waals surface area contributed by atoms with E-state index >= 15 is 0 Å². The van der Waals surface area contributed by atoms with Gasteiger partial charge >= 0.3 is 0 Å². The van der Waals surface area contributed by atoms with Crippen LogP contribution in [0, 0.1) is 5.82 Å². The number of carbonyl (C=O) groups excluding carboxylic acids is 1. The van der Waals surface area contributed by atoms with Crippen molar-refractivity contribution in [2.75, 3.05) is 13.1 Å². The average Bonchev–Trinajstić information content (AvgIpc) is 2.62. The molecule has 1 N–H and O–H groups in total. The summed E-state index contributed by atoms with van der Waals surface area (Å²) in [5.41, 5.74) is 1.24. The minimum absolute atomic E-state index is 0.101. The highest BCUT2D eigenvalue weighted by atomic mass is 19.1. The molecule has 1 fully saturated rings. The van der Waals surface area contributed by atoms with E-state index in [-0.39, 0.29) is 24.0 Å². The summed E-state index contributed by atoms with van der Waals surface area (Å²) in [5.74, 6) is 0.624. The van der Waals surface area contributed by atoms with Crippen LogP contribution in [0.3, 0.4) is 0 Å². The highest BCUT2D eigenvalue weighted by Gasteiger charge is 2.23. The minimum atomic E-state index is -0.439. The van der Waals surface area contributed by atoms with Gasteiger partial charge in [-0.1, -0.05) is 18.2 Å². The van der Waals surface area contributed by atoms with Gasteiger partial charge in [-0.2, -0.15) is 0 Å². The zero-order valence-corrected chi connectivity index (χ0v) is 13.6. The van der Waals surface area contributed by atoms with E-state index in [9.17, 15) is 9.18 Å². The molecule has 0 atom stereocenters. The maximum atomic E-state index is 14.3. The summed E-state index contributed by atoms with van der Waals surface area (Å²) in [6, 6.07) is 4.91. The van der Waals surface area contributed by atoms with E-state index in [2.05, 4.69) is 9.97 Å². The molecule has 1 aromatic heterocycles. The molecular weight excluding hydrogens is 309 g/mol. The Morgan fingerprint density at radius 2 is 1.96 bits per heavy atom. The van der Waals surface area contributed by atoms with Crippen molar-refractivity contribution < 1.29 is 14.3 Å². The molecule has 0 bridgehead atoms. The quantitative estimate of drug-likeness (QED) is 0.939. The second kappa shape index (κ2) is 7.05. The van der Waals surface area contributed by atoms with Crippen molar-refractivity contribution in [2.24, 2.45) is 0 Å². The van der Waals surface area contributed by atoms with Gasteiger partial charge in [-0.3, -0.25) is 4.79 Å². The molecule has 1 aromatic carbocycles. The van der Waals surface area contributed by atoms with Gasteiger partial charge in [-0.15, -0.1) is 0 Å². The van der Waals surface area contributed by atoms with Gasteiger partial charge in [0.05, 0.1) is 6.61 Å². The number of hydrogen-bond acceptors (Lipinski definition) is 4. The Kier molecular flexibility index (Phi) is 4.85. The highest BCUT2D eigenvalue weighted by molar-refractivity contribution is 5.73. The fraction of sp³-hybridized carbons (Fsp3) is 0.389. The molecule has 126 valence electrons. The summed E-state index contributed by atoms with van der Waals surface area (Å²) in [6.45, 7) is 2.69. The number of amides is 1. The lowest BCUT2D eigenvalue weighted by atomic mass is 9.95. The number of aliphatic hydroxyl groups is 1. The SMILES string of the molecule is CC(=O)N1CCC(c2ncc(-c3cccc(CO)c3F)cn2)CC1. The number of halogens is 1. The number of carbonyl (C=O) groups is 1. The Hall–Kier alpha value is -2.34. The first-order valence-corrected chi connectivity index (χ1v) is 8.06. The number of piperidine rings is 1. The fourth-order valence-corrected chi connectivity index (χ4v) is 3.07. The van der Waals surface area contributed by atoms with Crippen LogP contribution in [0.2, 0.25) is 0 Å². The van der Waals surface area contributed by atoms with Gasteiger partial charge in [0.15, 0.2) is 0 Å². The molecule has 1 saturated heterocycles. The second-order valence-electron chi connectivity index (χ2n) is 6.05. The van der Waals surface area contributed by atoms with E-state index in [1.54, 1.807) is 37.5 Å². The Morgan fingerprint density at radius 1 is 1.29 bits per heavy atom. The van der Waals surface area contributed by atoms with Crippen molar-refractivity contribution >= 4 is 5.91 Å². The van der Waals surface area contributed by atoms with Crippen molar-refractivity contribution in [3.05, 3.63) is 47.8 Å². The lowest BCUT2D eigenvalue weighted by Gasteiger charge is -2.30. The third-order valence-electron chi connectivity index (χ3n) is 4.54. The zero-order chi connectivity index (χ0) is 17.1. The van der Waals surface area contributed by atoms with Crippen molar-refractivity contribution in [1.82, 2.24) is 14.9 Å². The number of hydrogen-bond donors (Lipinski definition) is 1. The molecular formula is C18H20FN3O2.